The van der Waals surface area contributed by atoms with E-state index in [0.29, 0.717) is 30.4 Å². The van der Waals surface area contributed by atoms with Crippen molar-refractivity contribution in [3.05, 3.63) is 18.2 Å². The summed E-state index contributed by atoms with van der Waals surface area (Å²) in [5.74, 6) is 0. The van der Waals surface area contributed by atoms with Gasteiger partial charge in [0.25, 0.3) is 6.01 Å². The van der Waals surface area contributed by atoms with Crippen LogP contribution in [0.4, 0.5) is 11.7 Å². The highest BCUT2D eigenvalue weighted by molar-refractivity contribution is 5.78. The molecule has 6 nitrogen and oxygen atoms in total. The predicted molar refractivity (Wildman–Crippen MR) is 72.1 cm³/mol. The van der Waals surface area contributed by atoms with Crippen molar-refractivity contribution in [1.29, 1.82) is 0 Å². The molecular formula is C13H17N3O3. The first-order valence-electron chi connectivity index (χ1n) is 6.24. The van der Waals surface area contributed by atoms with Crippen LogP contribution >= 0.6 is 0 Å². The van der Waals surface area contributed by atoms with E-state index in [9.17, 15) is 0 Å². The molecule has 1 aliphatic rings. The number of benzene rings is 1. The molecule has 0 spiro atoms. The number of hydrogen-bond acceptors (Lipinski definition) is 6. The van der Waals surface area contributed by atoms with E-state index in [1.807, 2.05) is 6.07 Å². The second-order valence-electron chi connectivity index (χ2n) is 4.79. The fraction of sp³-hybridized carbons (Fsp3) is 0.462. The molecule has 1 fully saturated rings. The van der Waals surface area contributed by atoms with Crippen molar-refractivity contribution >= 4 is 22.8 Å². The second kappa shape index (κ2) is 4.71. The normalized spacial score (nSPS) is 23.0. The smallest absolute Gasteiger partial charge is 0.295 e. The van der Waals surface area contributed by atoms with Crippen molar-refractivity contribution < 1.29 is 13.9 Å². The van der Waals surface area contributed by atoms with E-state index in [4.69, 9.17) is 19.6 Å². The first-order chi connectivity index (χ1) is 9.21. The molecule has 0 amide bonds. The summed E-state index contributed by atoms with van der Waals surface area (Å²) in [5.41, 5.74) is 7.53. The zero-order valence-electron chi connectivity index (χ0n) is 10.8. The molecule has 1 unspecified atom stereocenters. The summed E-state index contributed by atoms with van der Waals surface area (Å²) in [6.45, 7) is 1.91. The molecule has 2 aromatic rings. The minimum absolute atomic E-state index is 0.292. The molecule has 0 saturated carbocycles. The molecule has 6 heteroatoms. The number of nitrogens with one attached hydrogen (secondary N) is 1. The van der Waals surface area contributed by atoms with Gasteiger partial charge in [-0.25, -0.2) is 0 Å². The molecule has 3 rings (SSSR count). The Balaban J connectivity index is 1.74. The summed E-state index contributed by atoms with van der Waals surface area (Å²) in [6, 6.07) is 5.88. The van der Waals surface area contributed by atoms with Crippen LogP contribution in [0.25, 0.3) is 11.1 Å². The van der Waals surface area contributed by atoms with Crippen LogP contribution in [-0.4, -0.2) is 37.5 Å². The molecule has 3 N–H and O–H groups in total. The lowest BCUT2D eigenvalue weighted by molar-refractivity contribution is -0.00651. The van der Waals surface area contributed by atoms with Crippen molar-refractivity contribution in [3.63, 3.8) is 0 Å². The Morgan fingerprint density at radius 1 is 1.53 bits per heavy atom. The molecule has 1 aliphatic heterocycles. The van der Waals surface area contributed by atoms with Crippen LogP contribution < -0.4 is 11.1 Å². The summed E-state index contributed by atoms with van der Waals surface area (Å²) in [4.78, 5) is 4.35. The highest BCUT2D eigenvalue weighted by atomic mass is 16.5. The fourth-order valence-electron chi connectivity index (χ4n) is 2.21. The Hall–Kier alpha value is -1.79. The van der Waals surface area contributed by atoms with Crippen LogP contribution in [0.2, 0.25) is 0 Å². The van der Waals surface area contributed by atoms with E-state index in [-0.39, 0.29) is 5.60 Å². The van der Waals surface area contributed by atoms with Gasteiger partial charge in [-0.2, -0.15) is 4.98 Å². The highest BCUT2D eigenvalue weighted by Crippen LogP contribution is 2.25. The largest absolute Gasteiger partial charge is 0.423 e. The third-order valence-corrected chi connectivity index (χ3v) is 3.47. The van der Waals surface area contributed by atoms with Gasteiger partial charge in [0.1, 0.15) is 11.1 Å². The van der Waals surface area contributed by atoms with Crippen molar-refractivity contribution in [1.82, 2.24) is 4.98 Å². The molecule has 1 saturated heterocycles. The maximum absolute atomic E-state index is 5.70. The highest BCUT2D eigenvalue weighted by Gasteiger charge is 2.35. The molecule has 1 atom stereocenters. The molecule has 1 aromatic heterocycles. The van der Waals surface area contributed by atoms with Gasteiger partial charge in [-0.15, -0.1) is 0 Å². The number of hydrogen-bond donors (Lipinski definition) is 2. The number of nitrogen functional groups attached to an aromatic ring is 1. The van der Waals surface area contributed by atoms with Gasteiger partial charge >= 0.3 is 0 Å². The summed E-state index contributed by atoms with van der Waals surface area (Å²) < 4.78 is 16.5. The van der Waals surface area contributed by atoms with E-state index in [1.54, 1.807) is 19.2 Å². The third-order valence-electron chi connectivity index (χ3n) is 3.47. The average molecular weight is 263 g/mol. The van der Waals surface area contributed by atoms with E-state index < -0.39 is 0 Å². The molecule has 0 bridgehead atoms. The van der Waals surface area contributed by atoms with Gasteiger partial charge in [0, 0.05) is 31.9 Å². The quantitative estimate of drug-likeness (QED) is 0.816. The molecule has 2 heterocycles. The maximum Gasteiger partial charge on any atom is 0.295 e. The lowest BCUT2D eigenvalue weighted by Crippen LogP contribution is -2.39. The van der Waals surface area contributed by atoms with Crippen molar-refractivity contribution in [3.8, 4) is 0 Å². The third kappa shape index (κ3) is 2.36. The van der Waals surface area contributed by atoms with Gasteiger partial charge < -0.3 is 24.9 Å². The number of fused-ring (bicyclic) bond motifs is 1. The number of rotatable bonds is 4. The lowest BCUT2D eigenvalue weighted by Gasteiger charge is -2.25. The lowest BCUT2D eigenvalue weighted by atomic mass is 10.0. The molecule has 102 valence electrons. The van der Waals surface area contributed by atoms with E-state index >= 15 is 0 Å². The number of nitrogens with two attached hydrogens (primary N) is 1. The van der Waals surface area contributed by atoms with E-state index in [1.165, 1.54) is 0 Å². The number of aromatic nitrogens is 1. The Bertz CT molecular complexity index is 576. The Labute approximate surface area is 110 Å². The van der Waals surface area contributed by atoms with Gasteiger partial charge in [-0.3, -0.25) is 0 Å². The number of methoxy groups -OCH3 is 1. The monoisotopic (exact) mass is 263 g/mol. The number of nitrogens with zero attached hydrogens (tertiary/aromatic N) is 1. The number of ether oxygens (including phenoxy) is 2. The summed E-state index contributed by atoms with van der Waals surface area (Å²) in [5, 5.41) is 3.16. The SMILES string of the molecule is COC1(CNc2nc3ccc(N)cc3o2)CCOC1. The van der Waals surface area contributed by atoms with Crippen molar-refractivity contribution in [2.75, 3.05) is 37.9 Å². The van der Waals surface area contributed by atoms with Crippen LogP contribution in [0, 0.1) is 0 Å². The maximum atomic E-state index is 5.70. The van der Waals surface area contributed by atoms with Crippen molar-refractivity contribution in [2.24, 2.45) is 0 Å². The zero-order chi connectivity index (χ0) is 13.3. The van der Waals surface area contributed by atoms with Gasteiger partial charge in [-0.05, 0) is 12.1 Å². The zero-order valence-corrected chi connectivity index (χ0v) is 10.8. The Kier molecular flexibility index (Phi) is 3.04. The predicted octanol–water partition coefficient (Wildman–Crippen LogP) is 1.63. The summed E-state index contributed by atoms with van der Waals surface area (Å²) in [7, 11) is 1.70. The van der Waals surface area contributed by atoms with Gasteiger partial charge in [0.2, 0.25) is 0 Å². The Morgan fingerprint density at radius 3 is 3.16 bits per heavy atom. The van der Waals surface area contributed by atoms with Crippen LogP contribution in [0.5, 0.6) is 0 Å². The van der Waals surface area contributed by atoms with Crippen LogP contribution in [0.15, 0.2) is 22.6 Å². The van der Waals surface area contributed by atoms with Crippen LogP contribution in [-0.2, 0) is 9.47 Å². The second-order valence-corrected chi connectivity index (χ2v) is 4.79. The molecule has 0 radical (unpaired) electrons. The van der Waals surface area contributed by atoms with Crippen LogP contribution in [0.1, 0.15) is 6.42 Å². The molecule has 1 aromatic carbocycles. The van der Waals surface area contributed by atoms with Gasteiger partial charge in [0.15, 0.2) is 5.58 Å². The fourth-order valence-corrected chi connectivity index (χ4v) is 2.21. The van der Waals surface area contributed by atoms with E-state index in [2.05, 4.69) is 10.3 Å². The van der Waals surface area contributed by atoms with Gasteiger partial charge in [-0.1, -0.05) is 0 Å². The summed E-state index contributed by atoms with van der Waals surface area (Å²) >= 11 is 0. The average Bonchev–Trinajstić information content (AvgIpc) is 3.02. The molecule has 19 heavy (non-hydrogen) atoms. The summed E-state index contributed by atoms with van der Waals surface area (Å²) in [6.07, 6.45) is 0.865. The number of oxazole rings is 1. The first kappa shape index (κ1) is 12.3. The van der Waals surface area contributed by atoms with Crippen LogP contribution in [0.3, 0.4) is 0 Å². The van der Waals surface area contributed by atoms with E-state index in [0.717, 1.165) is 18.5 Å². The van der Waals surface area contributed by atoms with Crippen molar-refractivity contribution in [2.45, 2.75) is 12.0 Å². The topological polar surface area (TPSA) is 82.5 Å². The minimum Gasteiger partial charge on any atom is -0.423 e. The minimum atomic E-state index is -0.292. The molecule has 0 aliphatic carbocycles. The standard InChI is InChI=1S/C13H17N3O3/c1-17-13(4-5-18-8-13)7-15-12-16-10-3-2-9(14)6-11(10)19-12/h2-3,6H,4-5,7-8,14H2,1H3,(H,15,16). The van der Waals surface area contributed by atoms with Gasteiger partial charge in [0.05, 0.1) is 13.2 Å². The number of anilines is 2. The first-order valence-corrected chi connectivity index (χ1v) is 6.24. The molecular weight excluding hydrogens is 246 g/mol. The Morgan fingerprint density at radius 2 is 2.42 bits per heavy atom.